The molecule has 0 spiro atoms. The van der Waals surface area contributed by atoms with Crippen molar-refractivity contribution in [2.24, 2.45) is 0 Å². The van der Waals surface area contributed by atoms with Gasteiger partial charge in [-0.15, -0.1) is 11.3 Å². The second-order valence-electron chi connectivity index (χ2n) is 6.40. The first-order valence-corrected chi connectivity index (χ1v) is 9.00. The number of likely N-dealkylation sites (tertiary alicyclic amines) is 1. The van der Waals surface area contributed by atoms with Gasteiger partial charge in [0.15, 0.2) is 5.60 Å². The van der Waals surface area contributed by atoms with E-state index in [2.05, 4.69) is 4.98 Å². The van der Waals surface area contributed by atoms with Crippen molar-refractivity contribution in [3.8, 4) is 10.6 Å². The molecular formula is C18H20N2O4S. The molecule has 0 radical (unpaired) electrons. The van der Waals surface area contributed by atoms with Crippen molar-refractivity contribution in [1.29, 1.82) is 0 Å². The molecule has 1 aliphatic heterocycles. The number of aliphatic carboxylic acids is 1. The Kier molecular flexibility index (Phi) is 4.87. The second-order valence-corrected chi connectivity index (χ2v) is 7.26. The zero-order valence-corrected chi connectivity index (χ0v) is 14.8. The zero-order chi connectivity index (χ0) is 18.0. The van der Waals surface area contributed by atoms with E-state index in [0.717, 1.165) is 10.6 Å². The van der Waals surface area contributed by atoms with Gasteiger partial charge in [0.2, 0.25) is 5.91 Å². The third kappa shape index (κ3) is 3.88. The van der Waals surface area contributed by atoms with Crippen LogP contribution in [0.2, 0.25) is 0 Å². The molecule has 132 valence electrons. The smallest absolute Gasteiger partial charge is 0.335 e. The number of hydrogen-bond donors (Lipinski definition) is 2. The van der Waals surface area contributed by atoms with E-state index in [9.17, 15) is 14.7 Å². The van der Waals surface area contributed by atoms with Crippen LogP contribution in [0.1, 0.15) is 24.1 Å². The third-order valence-corrected chi connectivity index (χ3v) is 5.46. The third-order valence-electron chi connectivity index (χ3n) is 4.52. The Hall–Kier alpha value is -2.25. The molecule has 0 bridgehead atoms. The van der Waals surface area contributed by atoms with Crippen molar-refractivity contribution < 1.29 is 19.8 Å². The van der Waals surface area contributed by atoms with Crippen molar-refractivity contribution in [2.45, 2.75) is 31.8 Å². The monoisotopic (exact) mass is 360 g/mol. The Labute approximate surface area is 149 Å². The number of carboxylic acids is 1. The second kappa shape index (κ2) is 6.93. The Balaban J connectivity index is 1.61. The van der Waals surface area contributed by atoms with Crippen LogP contribution in [0, 0.1) is 6.92 Å². The highest BCUT2D eigenvalue weighted by Crippen LogP contribution is 2.26. The summed E-state index contributed by atoms with van der Waals surface area (Å²) in [6.45, 7) is 2.52. The molecule has 1 aromatic carbocycles. The molecular weight excluding hydrogens is 340 g/mol. The normalized spacial score (nSPS) is 16.6. The highest BCUT2D eigenvalue weighted by Gasteiger charge is 2.40. The molecule has 1 amide bonds. The minimum atomic E-state index is -1.71. The number of benzene rings is 1. The molecule has 1 aromatic heterocycles. The molecule has 1 saturated heterocycles. The van der Waals surface area contributed by atoms with Gasteiger partial charge in [-0.1, -0.05) is 29.8 Å². The van der Waals surface area contributed by atoms with E-state index in [-0.39, 0.29) is 38.3 Å². The molecule has 0 unspecified atom stereocenters. The van der Waals surface area contributed by atoms with Gasteiger partial charge in [0.25, 0.3) is 0 Å². The van der Waals surface area contributed by atoms with Crippen LogP contribution < -0.4 is 0 Å². The van der Waals surface area contributed by atoms with Crippen molar-refractivity contribution >= 4 is 23.2 Å². The summed E-state index contributed by atoms with van der Waals surface area (Å²) in [7, 11) is 0. The van der Waals surface area contributed by atoms with Crippen molar-refractivity contribution in [3.63, 3.8) is 0 Å². The first-order chi connectivity index (χ1) is 11.9. The van der Waals surface area contributed by atoms with E-state index in [1.165, 1.54) is 16.9 Å². The summed E-state index contributed by atoms with van der Waals surface area (Å²) >= 11 is 1.50. The summed E-state index contributed by atoms with van der Waals surface area (Å²) in [5.74, 6) is -1.31. The van der Waals surface area contributed by atoms with Gasteiger partial charge in [0, 0.05) is 36.9 Å². The highest BCUT2D eigenvalue weighted by molar-refractivity contribution is 7.13. The Bertz CT molecular complexity index is 777. The number of nitrogens with zero attached hydrogens (tertiary/aromatic N) is 2. The molecule has 0 saturated carbocycles. The van der Waals surface area contributed by atoms with Crippen LogP contribution in [0.3, 0.4) is 0 Å². The molecule has 2 heterocycles. The topological polar surface area (TPSA) is 90.7 Å². The van der Waals surface area contributed by atoms with E-state index < -0.39 is 11.6 Å². The van der Waals surface area contributed by atoms with Gasteiger partial charge in [0.05, 0.1) is 12.1 Å². The molecule has 1 aliphatic rings. The van der Waals surface area contributed by atoms with E-state index >= 15 is 0 Å². The minimum Gasteiger partial charge on any atom is -0.479 e. The van der Waals surface area contributed by atoms with Gasteiger partial charge >= 0.3 is 5.97 Å². The number of amides is 1. The standard InChI is InChI=1S/C18H20N2O4S/c1-12-2-4-13(5-3-12)16-19-14(11-25-16)10-15(21)20-8-6-18(24,7-9-20)17(22)23/h2-5,11,24H,6-10H2,1H3,(H,22,23). The number of piperidine rings is 1. The lowest BCUT2D eigenvalue weighted by molar-refractivity contribution is -0.165. The van der Waals surface area contributed by atoms with Gasteiger partial charge in [-0.3, -0.25) is 4.79 Å². The quantitative estimate of drug-likeness (QED) is 0.871. The fourth-order valence-electron chi connectivity index (χ4n) is 2.82. The number of rotatable bonds is 4. The lowest BCUT2D eigenvalue weighted by Crippen LogP contribution is -2.51. The number of hydrogen-bond acceptors (Lipinski definition) is 5. The maximum atomic E-state index is 12.4. The minimum absolute atomic E-state index is 0.0553. The van der Waals surface area contributed by atoms with Crippen LogP contribution >= 0.6 is 11.3 Å². The van der Waals surface area contributed by atoms with E-state index in [4.69, 9.17) is 5.11 Å². The summed E-state index contributed by atoms with van der Waals surface area (Å²) < 4.78 is 0. The van der Waals surface area contributed by atoms with E-state index in [1.807, 2.05) is 36.6 Å². The highest BCUT2D eigenvalue weighted by atomic mass is 32.1. The molecule has 2 N–H and O–H groups in total. The van der Waals surface area contributed by atoms with Crippen LogP contribution in [-0.4, -0.2) is 50.7 Å². The molecule has 7 heteroatoms. The number of carboxylic acid groups (broad SMARTS) is 1. The molecule has 3 rings (SSSR count). The lowest BCUT2D eigenvalue weighted by Gasteiger charge is -2.35. The maximum absolute atomic E-state index is 12.4. The van der Waals surface area contributed by atoms with Crippen LogP contribution in [0.4, 0.5) is 0 Å². The SMILES string of the molecule is Cc1ccc(-c2nc(CC(=O)N3CCC(O)(C(=O)O)CC3)cs2)cc1. The summed E-state index contributed by atoms with van der Waals surface area (Å²) in [4.78, 5) is 29.6. The molecule has 0 aliphatic carbocycles. The molecule has 2 aromatic rings. The molecule has 0 atom stereocenters. The molecule has 6 nitrogen and oxygen atoms in total. The molecule has 25 heavy (non-hydrogen) atoms. The van der Waals surface area contributed by atoms with E-state index in [1.54, 1.807) is 4.90 Å². The predicted octanol–water partition coefficient (Wildman–Crippen LogP) is 2.10. The predicted molar refractivity (Wildman–Crippen MR) is 94.4 cm³/mol. The maximum Gasteiger partial charge on any atom is 0.335 e. The fourth-order valence-corrected chi connectivity index (χ4v) is 3.65. The number of thiazole rings is 1. The summed E-state index contributed by atoms with van der Waals surface area (Å²) in [5.41, 5.74) is 1.21. The van der Waals surface area contributed by atoms with Crippen LogP contribution in [0.5, 0.6) is 0 Å². The Morgan fingerprint density at radius 1 is 1.24 bits per heavy atom. The number of aromatic nitrogens is 1. The van der Waals surface area contributed by atoms with Crippen LogP contribution in [-0.2, 0) is 16.0 Å². The van der Waals surface area contributed by atoms with Crippen molar-refractivity contribution in [1.82, 2.24) is 9.88 Å². The van der Waals surface area contributed by atoms with Crippen molar-refractivity contribution in [3.05, 3.63) is 40.9 Å². The average Bonchev–Trinajstić information content (AvgIpc) is 3.04. The first kappa shape index (κ1) is 17.6. The Morgan fingerprint density at radius 3 is 2.48 bits per heavy atom. The number of carbonyl (C=O) groups excluding carboxylic acids is 1. The van der Waals surface area contributed by atoms with Gasteiger partial charge in [0.1, 0.15) is 5.01 Å². The average molecular weight is 360 g/mol. The van der Waals surface area contributed by atoms with Gasteiger partial charge in [-0.05, 0) is 6.92 Å². The van der Waals surface area contributed by atoms with E-state index in [0.29, 0.717) is 5.69 Å². The first-order valence-electron chi connectivity index (χ1n) is 8.12. The Morgan fingerprint density at radius 2 is 1.88 bits per heavy atom. The van der Waals surface area contributed by atoms with Gasteiger partial charge in [-0.25, -0.2) is 9.78 Å². The molecule has 1 fully saturated rings. The van der Waals surface area contributed by atoms with Crippen molar-refractivity contribution in [2.75, 3.05) is 13.1 Å². The number of aryl methyl sites for hydroxylation is 1. The zero-order valence-electron chi connectivity index (χ0n) is 13.9. The summed E-state index contributed by atoms with van der Waals surface area (Å²) in [6.07, 6.45) is 0.299. The van der Waals surface area contributed by atoms with Crippen LogP contribution in [0.25, 0.3) is 10.6 Å². The largest absolute Gasteiger partial charge is 0.479 e. The summed E-state index contributed by atoms with van der Waals surface area (Å²) in [6, 6.07) is 8.08. The number of carbonyl (C=O) groups is 2. The summed E-state index contributed by atoms with van der Waals surface area (Å²) in [5, 5.41) is 21.7. The fraction of sp³-hybridized carbons (Fsp3) is 0.389. The van der Waals surface area contributed by atoms with Crippen LogP contribution in [0.15, 0.2) is 29.6 Å². The number of aliphatic hydroxyl groups is 1. The lowest BCUT2D eigenvalue weighted by atomic mass is 9.91. The van der Waals surface area contributed by atoms with Gasteiger partial charge in [-0.2, -0.15) is 0 Å². The van der Waals surface area contributed by atoms with Gasteiger partial charge < -0.3 is 15.1 Å².